The molecule has 0 spiro atoms. The molecule has 0 unspecified atom stereocenters. The van der Waals surface area contributed by atoms with Crippen LogP contribution in [0.3, 0.4) is 0 Å². The maximum Gasteiger partial charge on any atom is 0.0922 e. The molecule has 0 aliphatic heterocycles. The van der Waals surface area contributed by atoms with E-state index in [1.807, 2.05) is 38.1 Å². The van der Waals surface area contributed by atoms with Gasteiger partial charge >= 0.3 is 0 Å². The maximum atomic E-state index is 6.12. The zero-order valence-electron chi connectivity index (χ0n) is 20.0. The van der Waals surface area contributed by atoms with Crippen LogP contribution >= 0.6 is 0 Å². The third-order valence-corrected chi connectivity index (χ3v) is 5.76. The Hall–Kier alpha value is -2.24. The topological polar surface area (TPSA) is 42.5 Å². The van der Waals surface area contributed by atoms with Crippen LogP contribution in [0.2, 0.25) is 0 Å². The normalized spacial score (nSPS) is 17.0. The highest BCUT2D eigenvalue weighted by molar-refractivity contribution is 5.21. The molecule has 4 nitrogen and oxygen atoms in total. The SMILES string of the molecule is C=C[C@H](OCC)[C@@H](N[C@@H](C)c1ccccc1)[C@H](N[C@@H](C)c1ccccc1)[C@@H](C=C)OCC. The average molecular weight is 437 g/mol. The first-order valence-corrected chi connectivity index (χ1v) is 11.7. The zero-order valence-corrected chi connectivity index (χ0v) is 20.0. The van der Waals surface area contributed by atoms with Crippen LogP contribution in [0.25, 0.3) is 0 Å². The Morgan fingerprint density at radius 3 is 1.31 bits per heavy atom. The summed E-state index contributed by atoms with van der Waals surface area (Å²) in [6.07, 6.45) is 3.36. The summed E-state index contributed by atoms with van der Waals surface area (Å²) in [7, 11) is 0. The quantitative estimate of drug-likeness (QED) is 0.356. The number of rotatable bonds is 15. The third-order valence-electron chi connectivity index (χ3n) is 5.76. The largest absolute Gasteiger partial charge is 0.373 e. The summed E-state index contributed by atoms with van der Waals surface area (Å²) in [4.78, 5) is 0. The lowest BCUT2D eigenvalue weighted by Gasteiger charge is -2.40. The second kappa shape index (κ2) is 14.0. The predicted molar refractivity (Wildman–Crippen MR) is 135 cm³/mol. The standard InChI is InChI=1S/C28H40N2O2/c1-7-25(31-9-3)27(29-21(5)23-17-13-11-14-18-23)28(26(8-2)32-10-4)30-22(6)24-19-15-12-16-20-24/h7-8,11-22,25-30H,1-2,9-10H2,3-6H3/t21-,22-,25-,26+,27+,28+/m0/s1. The lowest BCUT2D eigenvalue weighted by Crippen LogP contribution is -2.60. The molecule has 174 valence electrons. The smallest absolute Gasteiger partial charge is 0.0922 e. The Bertz CT molecular complexity index is 713. The molecular weight excluding hydrogens is 396 g/mol. The van der Waals surface area contributed by atoms with E-state index in [1.54, 1.807) is 0 Å². The van der Waals surface area contributed by atoms with Crippen molar-refractivity contribution in [1.82, 2.24) is 10.6 Å². The van der Waals surface area contributed by atoms with E-state index in [9.17, 15) is 0 Å². The van der Waals surface area contributed by atoms with Gasteiger partial charge in [0.05, 0.1) is 24.3 Å². The minimum Gasteiger partial charge on any atom is -0.373 e. The van der Waals surface area contributed by atoms with Gasteiger partial charge in [-0.2, -0.15) is 0 Å². The van der Waals surface area contributed by atoms with Gasteiger partial charge in [-0.1, -0.05) is 72.8 Å². The van der Waals surface area contributed by atoms with Crippen molar-refractivity contribution in [3.63, 3.8) is 0 Å². The van der Waals surface area contributed by atoms with Crippen LogP contribution in [0, 0.1) is 0 Å². The van der Waals surface area contributed by atoms with Crippen molar-refractivity contribution in [3.8, 4) is 0 Å². The molecule has 0 amide bonds. The van der Waals surface area contributed by atoms with Gasteiger partial charge < -0.3 is 20.1 Å². The van der Waals surface area contributed by atoms with Crippen molar-refractivity contribution in [1.29, 1.82) is 0 Å². The van der Waals surface area contributed by atoms with Crippen LogP contribution in [-0.4, -0.2) is 37.5 Å². The summed E-state index contributed by atoms with van der Waals surface area (Å²) in [6, 6.07) is 20.9. The lowest BCUT2D eigenvalue weighted by atomic mass is 9.93. The summed E-state index contributed by atoms with van der Waals surface area (Å²) in [5, 5.41) is 7.63. The van der Waals surface area contributed by atoms with Gasteiger partial charge in [0.25, 0.3) is 0 Å². The highest BCUT2D eigenvalue weighted by Crippen LogP contribution is 2.22. The number of nitrogens with one attached hydrogen (secondary N) is 2. The van der Waals surface area contributed by atoms with Crippen LogP contribution in [0.5, 0.6) is 0 Å². The fourth-order valence-corrected chi connectivity index (χ4v) is 4.08. The number of hydrogen-bond donors (Lipinski definition) is 2. The molecule has 0 bridgehead atoms. The fourth-order valence-electron chi connectivity index (χ4n) is 4.08. The summed E-state index contributed by atoms with van der Waals surface area (Å²) in [5.41, 5.74) is 2.44. The first-order valence-electron chi connectivity index (χ1n) is 11.7. The Balaban J connectivity index is 2.41. The number of benzene rings is 2. The Labute approximate surface area is 194 Å². The molecule has 2 aromatic carbocycles. The van der Waals surface area contributed by atoms with E-state index in [2.05, 4.69) is 86.2 Å². The van der Waals surface area contributed by atoms with Gasteiger partial charge in [0.2, 0.25) is 0 Å². The van der Waals surface area contributed by atoms with Crippen LogP contribution in [0.4, 0.5) is 0 Å². The number of hydrogen-bond acceptors (Lipinski definition) is 4. The van der Waals surface area contributed by atoms with E-state index in [4.69, 9.17) is 9.47 Å². The van der Waals surface area contributed by atoms with E-state index in [1.165, 1.54) is 11.1 Å². The second-order valence-corrected chi connectivity index (χ2v) is 7.96. The Morgan fingerprint density at radius 2 is 1.03 bits per heavy atom. The molecule has 0 aromatic heterocycles. The van der Waals surface area contributed by atoms with E-state index < -0.39 is 0 Å². The molecule has 4 heteroatoms. The molecule has 0 aliphatic rings. The molecule has 0 aliphatic carbocycles. The van der Waals surface area contributed by atoms with Gasteiger partial charge in [0.1, 0.15) is 0 Å². The van der Waals surface area contributed by atoms with Crippen molar-refractivity contribution in [3.05, 3.63) is 97.1 Å². The third kappa shape index (κ3) is 7.42. The first-order chi connectivity index (χ1) is 15.5. The van der Waals surface area contributed by atoms with Crippen LogP contribution < -0.4 is 10.6 Å². The summed E-state index contributed by atoms with van der Waals surface area (Å²) in [6.45, 7) is 17.7. The highest BCUT2D eigenvalue weighted by atomic mass is 16.5. The van der Waals surface area contributed by atoms with Gasteiger partial charge in [-0.15, -0.1) is 13.2 Å². The van der Waals surface area contributed by atoms with Crippen LogP contribution in [0.15, 0.2) is 86.0 Å². The molecule has 0 saturated carbocycles. The zero-order chi connectivity index (χ0) is 23.3. The summed E-state index contributed by atoms with van der Waals surface area (Å²) in [5.74, 6) is 0. The van der Waals surface area contributed by atoms with E-state index >= 15 is 0 Å². The molecule has 2 rings (SSSR count). The molecule has 6 atom stereocenters. The van der Waals surface area contributed by atoms with Crippen molar-refractivity contribution < 1.29 is 9.47 Å². The molecule has 0 heterocycles. The lowest BCUT2D eigenvalue weighted by molar-refractivity contribution is 0.00604. The first kappa shape index (κ1) is 26.0. The van der Waals surface area contributed by atoms with Gasteiger partial charge in [-0.05, 0) is 38.8 Å². The Morgan fingerprint density at radius 1 is 0.688 bits per heavy atom. The van der Waals surface area contributed by atoms with Gasteiger partial charge in [0, 0.05) is 25.3 Å². The monoisotopic (exact) mass is 436 g/mol. The minimum atomic E-state index is -0.199. The fraction of sp³-hybridized carbons (Fsp3) is 0.429. The molecule has 2 aromatic rings. The number of ether oxygens (including phenoxy) is 2. The van der Waals surface area contributed by atoms with E-state index in [0.717, 1.165) is 0 Å². The minimum absolute atomic E-state index is 0.0941. The van der Waals surface area contributed by atoms with Gasteiger partial charge in [0.15, 0.2) is 0 Å². The summed E-state index contributed by atoms with van der Waals surface area (Å²) < 4.78 is 12.2. The summed E-state index contributed by atoms with van der Waals surface area (Å²) >= 11 is 0. The van der Waals surface area contributed by atoms with Gasteiger partial charge in [-0.25, -0.2) is 0 Å². The van der Waals surface area contributed by atoms with Crippen molar-refractivity contribution in [2.24, 2.45) is 0 Å². The molecule has 0 radical (unpaired) electrons. The molecule has 32 heavy (non-hydrogen) atoms. The van der Waals surface area contributed by atoms with E-state index in [0.29, 0.717) is 13.2 Å². The van der Waals surface area contributed by atoms with E-state index in [-0.39, 0.29) is 36.4 Å². The van der Waals surface area contributed by atoms with Crippen molar-refractivity contribution in [2.75, 3.05) is 13.2 Å². The molecular formula is C28H40N2O2. The van der Waals surface area contributed by atoms with Crippen LogP contribution in [0.1, 0.15) is 50.9 Å². The van der Waals surface area contributed by atoms with Crippen LogP contribution in [-0.2, 0) is 9.47 Å². The highest BCUT2D eigenvalue weighted by Gasteiger charge is 2.35. The van der Waals surface area contributed by atoms with Crippen molar-refractivity contribution >= 4 is 0 Å². The molecule has 2 N–H and O–H groups in total. The average Bonchev–Trinajstić information content (AvgIpc) is 2.84. The second-order valence-electron chi connectivity index (χ2n) is 7.96. The van der Waals surface area contributed by atoms with Crippen molar-refractivity contribution in [2.45, 2.75) is 64.1 Å². The molecule has 0 fully saturated rings. The molecule has 0 saturated heterocycles. The van der Waals surface area contributed by atoms with Gasteiger partial charge in [-0.3, -0.25) is 0 Å². The Kier molecular flexibility index (Phi) is 11.4. The predicted octanol–water partition coefficient (Wildman–Crippen LogP) is 5.61. The maximum absolute atomic E-state index is 6.12.